The molecule has 0 unspecified atom stereocenters. The Hall–Kier alpha value is -1.79. The summed E-state index contributed by atoms with van der Waals surface area (Å²) >= 11 is 0. The molecule has 0 aromatic heterocycles. The lowest BCUT2D eigenvalue weighted by molar-refractivity contribution is -0.112. The van der Waals surface area contributed by atoms with Gasteiger partial charge in [0.05, 0.1) is 0 Å². The van der Waals surface area contributed by atoms with Crippen LogP contribution >= 0.6 is 0 Å². The van der Waals surface area contributed by atoms with Crippen molar-refractivity contribution in [3.63, 3.8) is 0 Å². The highest BCUT2D eigenvalue weighted by atomic mass is 16.1. The summed E-state index contributed by atoms with van der Waals surface area (Å²) in [5.74, 6) is 4.35. The highest BCUT2D eigenvalue weighted by Crippen LogP contribution is 2.03. The zero-order valence-corrected chi connectivity index (χ0v) is 7.79. The second-order valence-corrected chi connectivity index (χ2v) is 2.85. The average Bonchev–Trinajstić information content (AvgIpc) is 2.16. The predicted octanol–water partition coefficient (Wildman–Crippen LogP) is 0.0246. The third-order valence-corrected chi connectivity index (χ3v) is 1.69. The number of nitrogens with two attached hydrogens (primary N) is 2. The molecule has 0 saturated carbocycles. The topological polar surface area (TPSA) is 69.1 Å². The lowest BCUT2D eigenvalue weighted by atomic mass is 10.1. The van der Waals surface area contributed by atoms with Crippen LogP contribution in [0.5, 0.6) is 0 Å². The normalized spacial score (nSPS) is 8.93. The fourth-order valence-electron chi connectivity index (χ4n) is 1.11. The van der Waals surface area contributed by atoms with Crippen LogP contribution in [0.25, 0.3) is 0 Å². The van der Waals surface area contributed by atoms with Gasteiger partial charge in [-0.1, -0.05) is 18.1 Å². The molecule has 1 aromatic rings. The number of hydrogen-bond donors (Lipinski definition) is 2. The van der Waals surface area contributed by atoms with E-state index in [9.17, 15) is 4.79 Å². The fourth-order valence-corrected chi connectivity index (χ4v) is 1.11. The molecule has 4 N–H and O–H groups in total. The van der Waals surface area contributed by atoms with Crippen LogP contribution in [0, 0.1) is 11.8 Å². The van der Waals surface area contributed by atoms with Gasteiger partial charge >= 0.3 is 0 Å². The van der Waals surface area contributed by atoms with Gasteiger partial charge in [-0.05, 0) is 36.6 Å². The number of amides is 1. The molecule has 1 rings (SSSR count). The molecular formula is C11H12N2O. The standard InChI is InChI=1S/C11H12N2O/c12-7-6-10-3-1-2-9(8-10)4-5-11(13)14/h1-3,8H,6-7,12H2,(H2,13,14). The van der Waals surface area contributed by atoms with E-state index in [1.165, 1.54) is 0 Å². The summed E-state index contributed by atoms with van der Waals surface area (Å²) in [7, 11) is 0. The van der Waals surface area contributed by atoms with Crippen molar-refractivity contribution >= 4 is 5.91 Å². The van der Waals surface area contributed by atoms with E-state index in [1.54, 1.807) is 0 Å². The van der Waals surface area contributed by atoms with E-state index >= 15 is 0 Å². The Morgan fingerprint density at radius 1 is 1.43 bits per heavy atom. The minimum absolute atomic E-state index is 0.604. The van der Waals surface area contributed by atoms with Crippen LogP contribution in [-0.2, 0) is 11.2 Å². The van der Waals surface area contributed by atoms with Crippen LogP contribution in [0.1, 0.15) is 11.1 Å². The molecule has 0 atom stereocenters. The molecule has 0 fully saturated rings. The minimum Gasteiger partial charge on any atom is -0.359 e. The summed E-state index contributed by atoms with van der Waals surface area (Å²) in [6.45, 7) is 0.604. The van der Waals surface area contributed by atoms with Crippen LogP contribution in [0.4, 0.5) is 0 Å². The Bertz CT molecular complexity index is 388. The molecule has 72 valence electrons. The zero-order chi connectivity index (χ0) is 10.4. The number of primary amides is 1. The molecule has 0 bridgehead atoms. The van der Waals surface area contributed by atoms with Crippen molar-refractivity contribution < 1.29 is 4.79 Å². The van der Waals surface area contributed by atoms with E-state index in [0.717, 1.165) is 17.5 Å². The molecule has 0 heterocycles. The minimum atomic E-state index is -0.616. The van der Waals surface area contributed by atoms with E-state index in [1.807, 2.05) is 24.3 Å². The Labute approximate surface area is 83.1 Å². The van der Waals surface area contributed by atoms with Gasteiger partial charge in [0.2, 0.25) is 0 Å². The molecule has 0 aliphatic heterocycles. The number of hydrogen-bond acceptors (Lipinski definition) is 2. The third-order valence-electron chi connectivity index (χ3n) is 1.69. The first-order valence-corrected chi connectivity index (χ1v) is 4.33. The maximum absolute atomic E-state index is 10.4. The Morgan fingerprint density at radius 2 is 2.21 bits per heavy atom. The number of rotatable bonds is 2. The maximum atomic E-state index is 10.4. The molecule has 0 aliphatic rings. The SMILES string of the molecule is NCCc1cccc(C#CC(N)=O)c1. The highest BCUT2D eigenvalue weighted by Gasteiger charge is 1.92. The number of benzene rings is 1. The van der Waals surface area contributed by atoms with E-state index in [-0.39, 0.29) is 0 Å². The van der Waals surface area contributed by atoms with Crippen molar-refractivity contribution in [3.05, 3.63) is 35.4 Å². The fraction of sp³-hybridized carbons (Fsp3) is 0.182. The van der Waals surface area contributed by atoms with Crippen molar-refractivity contribution in [3.8, 4) is 11.8 Å². The monoisotopic (exact) mass is 188 g/mol. The van der Waals surface area contributed by atoms with Gasteiger partial charge in [-0.25, -0.2) is 0 Å². The first-order chi connectivity index (χ1) is 6.72. The second-order valence-electron chi connectivity index (χ2n) is 2.85. The van der Waals surface area contributed by atoms with E-state index in [4.69, 9.17) is 11.5 Å². The van der Waals surface area contributed by atoms with E-state index in [0.29, 0.717) is 6.54 Å². The van der Waals surface area contributed by atoms with Gasteiger partial charge in [0, 0.05) is 5.56 Å². The largest absolute Gasteiger partial charge is 0.359 e. The van der Waals surface area contributed by atoms with Crippen LogP contribution < -0.4 is 11.5 Å². The molecule has 0 radical (unpaired) electrons. The first kappa shape index (κ1) is 10.3. The molecular weight excluding hydrogens is 176 g/mol. The molecule has 0 saturated heterocycles. The highest BCUT2D eigenvalue weighted by molar-refractivity contribution is 5.92. The zero-order valence-electron chi connectivity index (χ0n) is 7.79. The number of carbonyl (C=O) groups excluding carboxylic acids is 1. The average molecular weight is 188 g/mol. The lowest BCUT2D eigenvalue weighted by Gasteiger charge is -1.97. The maximum Gasteiger partial charge on any atom is 0.293 e. The quantitative estimate of drug-likeness (QED) is 0.643. The summed E-state index contributed by atoms with van der Waals surface area (Å²) in [6, 6.07) is 7.59. The van der Waals surface area contributed by atoms with Crippen LogP contribution in [0.2, 0.25) is 0 Å². The van der Waals surface area contributed by atoms with Gasteiger partial charge in [0.15, 0.2) is 0 Å². The van der Waals surface area contributed by atoms with E-state index in [2.05, 4.69) is 11.8 Å². The van der Waals surface area contributed by atoms with Crippen molar-refractivity contribution in [2.24, 2.45) is 11.5 Å². The summed E-state index contributed by atoms with van der Waals surface area (Å²) < 4.78 is 0. The molecule has 1 amide bonds. The van der Waals surface area contributed by atoms with Crippen molar-refractivity contribution in [1.29, 1.82) is 0 Å². The second kappa shape index (κ2) is 5.05. The van der Waals surface area contributed by atoms with Crippen molar-refractivity contribution in [1.82, 2.24) is 0 Å². The molecule has 3 nitrogen and oxygen atoms in total. The van der Waals surface area contributed by atoms with Gasteiger partial charge in [0.25, 0.3) is 5.91 Å². The lowest BCUT2D eigenvalue weighted by Crippen LogP contribution is -2.06. The Kier molecular flexibility index (Phi) is 3.71. The van der Waals surface area contributed by atoms with Gasteiger partial charge < -0.3 is 11.5 Å². The van der Waals surface area contributed by atoms with Gasteiger partial charge in [-0.15, -0.1) is 0 Å². The third kappa shape index (κ3) is 3.30. The summed E-state index contributed by atoms with van der Waals surface area (Å²) in [5, 5.41) is 0. The van der Waals surface area contributed by atoms with Crippen LogP contribution in [-0.4, -0.2) is 12.5 Å². The Balaban J connectivity index is 2.85. The van der Waals surface area contributed by atoms with Gasteiger partial charge in [0.1, 0.15) is 0 Å². The number of carbonyl (C=O) groups is 1. The van der Waals surface area contributed by atoms with Crippen molar-refractivity contribution in [2.75, 3.05) is 6.54 Å². The molecule has 0 aliphatic carbocycles. The van der Waals surface area contributed by atoms with E-state index < -0.39 is 5.91 Å². The molecule has 0 spiro atoms. The van der Waals surface area contributed by atoms with Gasteiger partial charge in [-0.2, -0.15) is 0 Å². The summed E-state index contributed by atoms with van der Waals surface area (Å²) in [4.78, 5) is 10.4. The summed E-state index contributed by atoms with van der Waals surface area (Å²) in [5.41, 5.74) is 12.2. The van der Waals surface area contributed by atoms with Crippen LogP contribution in [0.15, 0.2) is 24.3 Å². The molecule has 14 heavy (non-hydrogen) atoms. The predicted molar refractivity (Wildman–Crippen MR) is 55.3 cm³/mol. The Morgan fingerprint density at radius 3 is 2.86 bits per heavy atom. The van der Waals surface area contributed by atoms with Gasteiger partial charge in [-0.3, -0.25) is 4.79 Å². The molecule has 1 aromatic carbocycles. The van der Waals surface area contributed by atoms with Crippen molar-refractivity contribution in [2.45, 2.75) is 6.42 Å². The first-order valence-electron chi connectivity index (χ1n) is 4.33. The summed E-state index contributed by atoms with van der Waals surface area (Å²) in [6.07, 6.45) is 0.812. The smallest absolute Gasteiger partial charge is 0.293 e. The molecule has 3 heteroatoms. The van der Waals surface area contributed by atoms with Crippen LogP contribution in [0.3, 0.4) is 0 Å².